The van der Waals surface area contributed by atoms with Gasteiger partial charge in [-0.15, -0.1) is 0 Å². The van der Waals surface area contributed by atoms with Crippen LogP contribution in [0.3, 0.4) is 0 Å². The Labute approximate surface area is 113 Å². The number of morpholine rings is 1. The van der Waals surface area contributed by atoms with E-state index >= 15 is 0 Å². The van der Waals surface area contributed by atoms with Crippen molar-refractivity contribution in [1.29, 1.82) is 0 Å². The number of rotatable bonds is 3. The molecule has 19 heavy (non-hydrogen) atoms. The van der Waals surface area contributed by atoms with E-state index in [-0.39, 0.29) is 24.0 Å². The van der Waals surface area contributed by atoms with Crippen LogP contribution in [0, 0.1) is 0 Å². The van der Waals surface area contributed by atoms with Gasteiger partial charge in [-0.05, 0) is 26.2 Å². The summed E-state index contributed by atoms with van der Waals surface area (Å²) < 4.78 is 5.44. The lowest BCUT2D eigenvalue weighted by molar-refractivity contribution is -0.130. The molecule has 0 spiro atoms. The van der Waals surface area contributed by atoms with E-state index in [0.717, 1.165) is 32.4 Å². The van der Waals surface area contributed by atoms with E-state index in [4.69, 9.17) is 4.74 Å². The van der Waals surface area contributed by atoms with Crippen LogP contribution in [0.2, 0.25) is 0 Å². The molecule has 0 bridgehead atoms. The van der Waals surface area contributed by atoms with Gasteiger partial charge < -0.3 is 15.4 Å². The second-order valence-electron chi connectivity index (χ2n) is 5.32. The van der Waals surface area contributed by atoms with Gasteiger partial charge in [-0.3, -0.25) is 14.5 Å². The van der Waals surface area contributed by atoms with Gasteiger partial charge in [0.05, 0.1) is 19.3 Å². The van der Waals surface area contributed by atoms with E-state index in [1.165, 1.54) is 0 Å². The molecule has 108 valence electrons. The summed E-state index contributed by atoms with van der Waals surface area (Å²) in [6.07, 6.45) is 2.86. The van der Waals surface area contributed by atoms with Crippen molar-refractivity contribution in [3.8, 4) is 0 Å². The Bertz CT molecular complexity index is 335. The number of hydrogen-bond acceptors (Lipinski definition) is 4. The maximum absolute atomic E-state index is 12.0. The molecule has 6 nitrogen and oxygen atoms in total. The fraction of sp³-hybridized carbons (Fsp3) is 0.846. The Kier molecular flexibility index (Phi) is 5.15. The van der Waals surface area contributed by atoms with Crippen LogP contribution in [0.15, 0.2) is 0 Å². The molecule has 0 saturated carbocycles. The summed E-state index contributed by atoms with van der Waals surface area (Å²) in [7, 11) is 0. The molecule has 2 fully saturated rings. The quantitative estimate of drug-likeness (QED) is 0.724. The second-order valence-corrected chi connectivity index (χ2v) is 5.32. The standard InChI is InChI=1S/C13H23N3O3/c1-10-8-16(6-7-19-10)9-12(17)15-11-4-2-3-5-14-13(11)18/h10-11H,2-9H2,1H3,(H,14,18)(H,15,17). The topological polar surface area (TPSA) is 70.7 Å². The van der Waals surface area contributed by atoms with Gasteiger partial charge in [-0.25, -0.2) is 0 Å². The third-order valence-electron chi connectivity index (χ3n) is 3.56. The zero-order valence-corrected chi connectivity index (χ0v) is 11.5. The van der Waals surface area contributed by atoms with Crippen molar-refractivity contribution < 1.29 is 14.3 Å². The van der Waals surface area contributed by atoms with Crippen molar-refractivity contribution in [2.45, 2.75) is 38.3 Å². The maximum atomic E-state index is 12.0. The normalized spacial score (nSPS) is 29.4. The van der Waals surface area contributed by atoms with E-state index in [1.807, 2.05) is 6.92 Å². The SMILES string of the molecule is CC1CN(CC(=O)NC2CCCCNC2=O)CCO1. The monoisotopic (exact) mass is 269 g/mol. The van der Waals surface area contributed by atoms with E-state index in [9.17, 15) is 9.59 Å². The molecule has 2 atom stereocenters. The number of ether oxygens (including phenoxy) is 1. The average molecular weight is 269 g/mol. The van der Waals surface area contributed by atoms with Gasteiger partial charge in [0, 0.05) is 19.6 Å². The Balaban J connectivity index is 1.78. The zero-order chi connectivity index (χ0) is 13.7. The van der Waals surface area contributed by atoms with Crippen molar-refractivity contribution in [3.63, 3.8) is 0 Å². The van der Waals surface area contributed by atoms with Crippen LogP contribution in [0.25, 0.3) is 0 Å². The fourth-order valence-electron chi connectivity index (χ4n) is 2.55. The Morgan fingerprint density at radius 1 is 1.53 bits per heavy atom. The zero-order valence-electron chi connectivity index (χ0n) is 11.5. The van der Waals surface area contributed by atoms with E-state index in [2.05, 4.69) is 15.5 Å². The highest BCUT2D eigenvalue weighted by molar-refractivity contribution is 5.88. The number of carbonyl (C=O) groups excluding carboxylic acids is 2. The summed E-state index contributed by atoms with van der Waals surface area (Å²) >= 11 is 0. The lowest BCUT2D eigenvalue weighted by atomic mass is 10.1. The molecule has 2 unspecified atom stereocenters. The van der Waals surface area contributed by atoms with Crippen LogP contribution in [0.5, 0.6) is 0 Å². The molecule has 2 N–H and O–H groups in total. The van der Waals surface area contributed by atoms with Crippen molar-refractivity contribution in [2.24, 2.45) is 0 Å². The molecular weight excluding hydrogens is 246 g/mol. The van der Waals surface area contributed by atoms with Crippen LogP contribution < -0.4 is 10.6 Å². The Hall–Kier alpha value is -1.14. The minimum absolute atomic E-state index is 0.0544. The van der Waals surface area contributed by atoms with Crippen LogP contribution in [-0.2, 0) is 14.3 Å². The van der Waals surface area contributed by atoms with Gasteiger partial charge in [0.15, 0.2) is 0 Å². The van der Waals surface area contributed by atoms with Crippen molar-refractivity contribution in [3.05, 3.63) is 0 Å². The maximum Gasteiger partial charge on any atom is 0.242 e. The first-order valence-electron chi connectivity index (χ1n) is 7.06. The summed E-state index contributed by atoms with van der Waals surface area (Å²) in [4.78, 5) is 25.8. The Morgan fingerprint density at radius 2 is 2.37 bits per heavy atom. The molecule has 2 rings (SSSR count). The number of carbonyl (C=O) groups is 2. The molecule has 2 aliphatic heterocycles. The van der Waals surface area contributed by atoms with Gasteiger partial charge in [-0.1, -0.05) is 0 Å². The first-order valence-corrected chi connectivity index (χ1v) is 7.06. The highest BCUT2D eigenvalue weighted by Crippen LogP contribution is 2.06. The molecule has 0 radical (unpaired) electrons. The van der Waals surface area contributed by atoms with Crippen LogP contribution >= 0.6 is 0 Å². The Morgan fingerprint density at radius 3 is 3.16 bits per heavy atom. The molecule has 2 heterocycles. The average Bonchev–Trinajstić information content (AvgIpc) is 2.55. The third kappa shape index (κ3) is 4.47. The lowest BCUT2D eigenvalue weighted by Gasteiger charge is -2.30. The van der Waals surface area contributed by atoms with E-state index in [1.54, 1.807) is 0 Å². The predicted molar refractivity (Wildman–Crippen MR) is 70.6 cm³/mol. The highest BCUT2D eigenvalue weighted by atomic mass is 16.5. The highest BCUT2D eigenvalue weighted by Gasteiger charge is 2.24. The van der Waals surface area contributed by atoms with Crippen LogP contribution in [-0.4, -0.2) is 61.6 Å². The predicted octanol–water partition coefficient (Wildman–Crippen LogP) is -0.508. The molecule has 2 amide bonds. The first kappa shape index (κ1) is 14.3. The summed E-state index contributed by atoms with van der Waals surface area (Å²) in [5.74, 6) is -0.127. The number of amides is 2. The van der Waals surface area contributed by atoms with E-state index < -0.39 is 0 Å². The van der Waals surface area contributed by atoms with Crippen molar-refractivity contribution in [1.82, 2.24) is 15.5 Å². The minimum atomic E-state index is -0.367. The van der Waals surface area contributed by atoms with E-state index in [0.29, 0.717) is 19.7 Å². The van der Waals surface area contributed by atoms with Crippen molar-refractivity contribution in [2.75, 3.05) is 32.8 Å². The lowest BCUT2D eigenvalue weighted by Crippen LogP contribution is -2.51. The summed E-state index contributed by atoms with van der Waals surface area (Å²) in [5.41, 5.74) is 0. The van der Waals surface area contributed by atoms with Crippen molar-refractivity contribution >= 4 is 11.8 Å². The number of nitrogens with zero attached hydrogens (tertiary/aromatic N) is 1. The second kappa shape index (κ2) is 6.86. The smallest absolute Gasteiger partial charge is 0.242 e. The van der Waals surface area contributed by atoms with Crippen LogP contribution in [0.4, 0.5) is 0 Å². The van der Waals surface area contributed by atoms with Gasteiger partial charge in [0.25, 0.3) is 0 Å². The molecule has 2 saturated heterocycles. The molecular formula is C13H23N3O3. The van der Waals surface area contributed by atoms with Gasteiger partial charge in [0.1, 0.15) is 6.04 Å². The fourth-order valence-corrected chi connectivity index (χ4v) is 2.55. The summed E-state index contributed by atoms with van der Waals surface area (Å²) in [5, 5.41) is 5.66. The molecule has 0 aromatic carbocycles. The largest absolute Gasteiger partial charge is 0.376 e. The first-order chi connectivity index (χ1) is 9.15. The molecule has 0 aromatic heterocycles. The summed E-state index contributed by atoms with van der Waals surface area (Å²) in [6.45, 7) is 5.27. The summed E-state index contributed by atoms with van der Waals surface area (Å²) in [6, 6.07) is -0.367. The van der Waals surface area contributed by atoms with Gasteiger partial charge in [-0.2, -0.15) is 0 Å². The molecule has 2 aliphatic rings. The molecule has 0 aliphatic carbocycles. The minimum Gasteiger partial charge on any atom is -0.376 e. The molecule has 0 aromatic rings. The van der Waals surface area contributed by atoms with Crippen LogP contribution in [0.1, 0.15) is 26.2 Å². The number of hydrogen-bond donors (Lipinski definition) is 2. The van der Waals surface area contributed by atoms with Gasteiger partial charge in [0.2, 0.25) is 11.8 Å². The molecule has 6 heteroatoms. The number of nitrogens with one attached hydrogen (secondary N) is 2. The van der Waals surface area contributed by atoms with Gasteiger partial charge >= 0.3 is 0 Å². The third-order valence-corrected chi connectivity index (χ3v) is 3.56.